The van der Waals surface area contributed by atoms with Gasteiger partial charge in [-0.3, -0.25) is 4.21 Å². The zero-order chi connectivity index (χ0) is 12.0. The van der Waals surface area contributed by atoms with Gasteiger partial charge in [-0.15, -0.1) is 0 Å². The second kappa shape index (κ2) is 6.81. The molecular formula is C11H21N3OS. The molecule has 2 unspecified atom stereocenters. The van der Waals surface area contributed by atoms with Crippen molar-refractivity contribution in [3.63, 3.8) is 0 Å². The van der Waals surface area contributed by atoms with Crippen molar-refractivity contribution in [3.05, 3.63) is 18.2 Å². The first-order valence-corrected chi connectivity index (χ1v) is 7.39. The summed E-state index contributed by atoms with van der Waals surface area (Å²) in [5.41, 5.74) is 1.16. The molecule has 1 heterocycles. The highest BCUT2D eigenvalue weighted by Gasteiger charge is 2.10. The Morgan fingerprint density at radius 3 is 3.00 bits per heavy atom. The van der Waals surface area contributed by atoms with Gasteiger partial charge in [0, 0.05) is 41.6 Å². The van der Waals surface area contributed by atoms with E-state index >= 15 is 0 Å². The smallest absolute Gasteiger partial charge is 0.0951 e. The molecule has 5 heteroatoms. The molecule has 1 aromatic rings. The van der Waals surface area contributed by atoms with Crippen LogP contribution in [-0.2, 0) is 17.3 Å². The number of rotatable bonds is 7. The summed E-state index contributed by atoms with van der Waals surface area (Å²) in [5, 5.41) is 3.35. The van der Waals surface area contributed by atoms with Crippen LogP contribution in [0.4, 0.5) is 0 Å². The molecule has 16 heavy (non-hydrogen) atoms. The van der Waals surface area contributed by atoms with Crippen molar-refractivity contribution < 1.29 is 4.21 Å². The van der Waals surface area contributed by atoms with Crippen LogP contribution < -0.4 is 5.32 Å². The molecule has 0 aliphatic carbocycles. The van der Waals surface area contributed by atoms with Gasteiger partial charge < -0.3 is 9.88 Å². The van der Waals surface area contributed by atoms with Gasteiger partial charge in [-0.25, -0.2) is 4.98 Å². The first kappa shape index (κ1) is 13.4. The number of nitrogens with zero attached hydrogens (tertiary/aromatic N) is 2. The highest BCUT2D eigenvalue weighted by atomic mass is 32.2. The van der Waals surface area contributed by atoms with E-state index < -0.39 is 10.8 Å². The normalized spacial score (nSPS) is 14.9. The topological polar surface area (TPSA) is 46.9 Å². The second-order valence-corrected chi connectivity index (χ2v) is 5.54. The summed E-state index contributed by atoms with van der Waals surface area (Å²) in [6, 6.07) is 0.242. The number of aromatic nitrogens is 2. The van der Waals surface area contributed by atoms with Gasteiger partial charge in [0.15, 0.2) is 0 Å². The number of nitrogens with one attached hydrogen (secondary N) is 1. The molecule has 92 valence electrons. The van der Waals surface area contributed by atoms with Crippen LogP contribution in [0, 0.1) is 0 Å². The maximum atomic E-state index is 11.2. The maximum absolute atomic E-state index is 11.2. The molecule has 0 amide bonds. The van der Waals surface area contributed by atoms with E-state index in [4.69, 9.17) is 0 Å². The van der Waals surface area contributed by atoms with Gasteiger partial charge in [-0.2, -0.15) is 0 Å². The third-order valence-corrected chi connectivity index (χ3v) is 3.38. The predicted octanol–water partition coefficient (Wildman–Crippen LogP) is 1.32. The lowest BCUT2D eigenvalue weighted by atomic mass is 10.3. The average molecular weight is 243 g/mol. The predicted molar refractivity (Wildman–Crippen MR) is 67.9 cm³/mol. The summed E-state index contributed by atoms with van der Waals surface area (Å²) >= 11 is 0. The first-order chi connectivity index (χ1) is 7.65. The lowest BCUT2D eigenvalue weighted by Crippen LogP contribution is -2.20. The summed E-state index contributed by atoms with van der Waals surface area (Å²) < 4.78 is 13.3. The summed E-state index contributed by atoms with van der Waals surface area (Å²) in [5.74, 6) is 0.678. The molecule has 0 saturated carbocycles. The summed E-state index contributed by atoms with van der Waals surface area (Å²) in [7, 11) is -0.765. The second-order valence-electron chi connectivity index (χ2n) is 4.06. The zero-order valence-electron chi connectivity index (χ0n) is 10.3. The van der Waals surface area contributed by atoms with E-state index in [1.165, 1.54) is 0 Å². The highest BCUT2D eigenvalue weighted by Crippen LogP contribution is 2.10. The van der Waals surface area contributed by atoms with E-state index in [1.807, 2.05) is 12.5 Å². The lowest BCUT2D eigenvalue weighted by molar-refractivity contribution is 0.551. The van der Waals surface area contributed by atoms with Gasteiger partial charge in [-0.1, -0.05) is 6.92 Å². The Labute approximate surface area is 99.9 Å². The zero-order valence-corrected chi connectivity index (χ0v) is 11.1. The van der Waals surface area contributed by atoms with Crippen LogP contribution >= 0.6 is 0 Å². The summed E-state index contributed by atoms with van der Waals surface area (Å²) in [4.78, 5) is 4.15. The van der Waals surface area contributed by atoms with Crippen LogP contribution in [0.3, 0.4) is 0 Å². The van der Waals surface area contributed by atoms with Gasteiger partial charge in [0.1, 0.15) is 0 Å². The van der Waals surface area contributed by atoms with Gasteiger partial charge in [-0.05, 0) is 19.9 Å². The standard InChI is InChI=1S/C11H21N3OS/c1-4-5-12-6-11-7-13-9-14(11)10(2)8-16(3)15/h7,9-10,12H,4-6,8H2,1-3H3. The third-order valence-electron chi connectivity index (χ3n) is 2.43. The molecule has 0 aliphatic rings. The molecule has 1 rings (SSSR count). The van der Waals surface area contributed by atoms with Crippen molar-refractivity contribution in [2.45, 2.75) is 32.9 Å². The fraction of sp³-hybridized carbons (Fsp3) is 0.727. The van der Waals surface area contributed by atoms with Crippen molar-refractivity contribution in [2.24, 2.45) is 0 Å². The molecule has 0 radical (unpaired) electrons. The van der Waals surface area contributed by atoms with Crippen LogP contribution in [0.25, 0.3) is 0 Å². The molecule has 1 N–H and O–H groups in total. The van der Waals surface area contributed by atoms with Gasteiger partial charge in [0.2, 0.25) is 0 Å². The largest absolute Gasteiger partial charge is 0.330 e. The highest BCUT2D eigenvalue weighted by molar-refractivity contribution is 7.84. The van der Waals surface area contributed by atoms with Crippen LogP contribution in [0.2, 0.25) is 0 Å². The Balaban J connectivity index is 2.58. The minimum Gasteiger partial charge on any atom is -0.330 e. The SMILES string of the molecule is CCCNCc1cncn1C(C)CS(C)=O. The Hall–Kier alpha value is -0.680. The Morgan fingerprint density at radius 1 is 1.62 bits per heavy atom. The molecule has 0 saturated heterocycles. The number of hydrogen-bond acceptors (Lipinski definition) is 3. The van der Waals surface area contributed by atoms with E-state index in [0.717, 1.165) is 25.2 Å². The van der Waals surface area contributed by atoms with E-state index in [1.54, 1.807) is 6.26 Å². The van der Waals surface area contributed by atoms with E-state index in [2.05, 4.69) is 28.7 Å². The minimum atomic E-state index is -0.765. The minimum absolute atomic E-state index is 0.242. The molecule has 0 aromatic carbocycles. The van der Waals surface area contributed by atoms with Gasteiger partial charge in [0.05, 0.1) is 12.0 Å². The molecule has 4 nitrogen and oxygen atoms in total. The van der Waals surface area contributed by atoms with Crippen molar-refractivity contribution in [1.29, 1.82) is 0 Å². The Bertz CT molecular complexity index is 338. The molecule has 1 aromatic heterocycles. The fourth-order valence-electron chi connectivity index (χ4n) is 1.68. The molecule has 0 fully saturated rings. The average Bonchev–Trinajstić information content (AvgIpc) is 2.65. The molecule has 0 aliphatic heterocycles. The fourth-order valence-corrected chi connectivity index (χ4v) is 2.52. The van der Waals surface area contributed by atoms with Crippen LogP contribution in [0.5, 0.6) is 0 Å². The monoisotopic (exact) mass is 243 g/mol. The van der Waals surface area contributed by atoms with Crippen molar-refractivity contribution in [1.82, 2.24) is 14.9 Å². The third kappa shape index (κ3) is 4.06. The maximum Gasteiger partial charge on any atom is 0.0951 e. The van der Waals surface area contributed by atoms with Gasteiger partial charge >= 0.3 is 0 Å². The summed E-state index contributed by atoms with van der Waals surface area (Å²) in [6.07, 6.45) is 6.56. The lowest BCUT2D eigenvalue weighted by Gasteiger charge is -2.15. The summed E-state index contributed by atoms with van der Waals surface area (Å²) in [6.45, 7) is 6.06. The Kier molecular flexibility index (Phi) is 5.69. The number of imidazole rings is 1. The van der Waals surface area contributed by atoms with Gasteiger partial charge in [0.25, 0.3) is 0 Å². The first-order valence-electron chi connectivity index (χ1n) is 5.66. The molecule has 0 spiro atoms. The quantitative estimate of drug-likeness (QED) is 0.735. The van der Waals surface area contributed by atoms with E-state index in [0.29, 0.717) is 5.75 Å². The van der Waals surface area contributed by atoms with Crippen LogP contribution in [-0.4, -0.2) is 32.3 Å². The molecule has 2 atom stereocenters. The van der Waals surface area contributed by atoms with Crippen molar-refractivity contribution >= 4 is 10.8 Å². The van der Waals surface area contributed by atoms with Crippen LogP contribution in [0.1, 0.15) is 32.0 Å². The molecular weight excluding hydrogens is 222 g/mol. The van der Waals surface area contributed by atoms with E-state index in [9.17, 15) is 4.21 Å². The number of hydrogen-bond donors (Lipinski definition) is 1. The van der Waals surface area contributed by atoms with Crippen molar-refractivity contribution in [2.75, 3.05) is 18.6 Å². The Morgan fingerprint density at radius 2 is 2.38 bits per heavy atom. The van der Waals surface area contributed by atoms with E-state index in [-0.39, 0.29) is 6.04 Å². The van der Waals surface area contributed by atoms with Crippen LogP contribution in [0.15, 0.2) is 12.5 Å². The molecule has 0 bridgehead atoms. The van der Waals surface area contributed by atoms with Crippen molar-refractivity contribution in [3.8, 4) is 0 Å².